The quantitative estimate of drug-likeness (QED) is 0.550. The maximum atomic E-state index is 13.3. The lowest BCUT2D eigenvalue weighted by Gasteiger charge is -2.38. The van der Waals surface area contributed by atoms with Crippen LogP contribution in [0.25, 0.3) is 0 Å². The van der Waals surface area contributed by atoms with E-state index in [1.165, 1.54) is 0 Å². The Balaban J connectivity index is 1.66. The first-order chi connectivity index (χ1) is 16.8. The van der Waals surface area contributed by atoms with Gasteiger partial charge in [-0.1, -0.05) is 29.3 Å². The number of urea groups is 1. The molecule has 190 valence electrons. The monoisotopic (exact) mass is 522 g/mol. The zero-order chi connectivity index (χ0) is 25.1. The number of hydrogen-bond acceptors (Lipinski definition) is 5. The Morgan fingerprint density at radius 2 is 1.86 bits per heavy atom. The minimum atomic E-state index is -0.714. The predicted molar refractivity (Wildman–Crippen MR) is 134 cm³/mol. The highest BCUT2D eigenvalue weighted by Gasteiger charge is 2.39. The summed E-state index contributed by atoms with van der Waals surface area (Å²) >= 11 is 12.4. The van der Waals surface area contributed by atoms with Gasteiger partial charge in [0.1, 0.15) is 0 Å². The molecular formula is C25H32Cl2N4O4. The van der Waals surface area contributed by atoms with E-state index in [4.69, 9.17) is 27.9 Å². The fourth-order valence-electron chi connectivity index (χ4n) is 4.75. The number of carbonyl (C=O) groups excluding carboxylic acids is 3. The molecule has 4 rings (SSSR count). The molecule has 8 nitrogen and oxygen atoms in total. The molecule has 10 heteroatoms. The number of amides is 3. The second kappa shape index (κ2) is 11.2. The van der Waals surface area contributed by atoms with Crippen LogP contribution >= 0.6 is 23.2 Å². The van der Waals surface area contributed by atoms with Crippen molar-refractivity contribution >= 4 is 41.1 Å². The molecular weight excluding hydrogens is 491 g/mol. The summed E-state index contributed by atoms with van der Waals surface area (Å²) in [6.07, 6.45) is 2.83. The summed E-state index contributed by atoms with van der Waals surface area (Å²) in [6.45, 7) is 7.47. The maximum Gasteiger partial charge on any atom is 0.338 e. The van der Waals surface area contributed by atoms with Crippen LogP contribution in [-0.2, 0) is 14.3 Å². The number of benzene rings is 1. The van der Waals surface area contributed by atoms with E-state index in [-0.39, 0.29) is 24.5 Å². The van der Waals surface area contributed by atoms with Gasteiger partial charge in [0.15, 0.2) is 0 Å². The van der Waals surface area contributed by atoms with Crippen molar-refractivity contribution in [2.75, 3.05) is 45.9 Å². The summed E-state index contributed by atoms with van der Waals surface area (Å²) in [5.74, 6) is -0.0215. The second-order valence-corrected chi connectivity index (χ2v) is 9.92. The molecule has 2 aliphatic heterocycles. The third-order valence-corrected chi connectivity index (χ3v) is 7.47. The molecule has 1 N–H and O–H groups in total. The van der Waals surface area contributed by atoms with E-state index in [1.54, 1.807) is 30.0 Å². The molecule has 3 amide bonds. The van der Waals surface area contributed by atoms with Crippen molar-refractivity contribution in [2.24, 2.45) is 5.92 Å². The first kappa shape index (κ1) is 25.8. The van der Waals surface area contributed by atoms with Gasteiger partial charge in [-0.3, -0.25) is 14.6 Å². The summed E-state index contributed by atoms with van der Waals surface area (Å²) in [5, 5.41) is 3.68. The number of hydrogen-bond donors (Lipinski definition) is 1. The van der Waals surface area contributed by atoms with E-state index in [0.717, 1.165) is 32.4 Å². The highest BCUT2D eigenvalue weighted by Crippen LogP contribution is 2.35. The number of halogens is 2. The topological polar surface area (TPSA) is 82.2 Å². The molecule has 1 saturated heterocycles. The highest BCUT2D eigenvalue weighted by atomic mass is 35.5. The molecule has 1 aromatic rings. The molecule has 0 spiro atoms. The van der Waals surface area contributed by atoms with Gasteiger partial charge in [-0.15, -0.1) is 0 Å². The first-order valence-electron chi connectivity index (χ1n) is 12.3. The van der Waals surface area contributed by atoms with Gasteiger partial charge >= 0.3 is 12.0 Å². The van der Waals surface area contributed by atoms with Crippen molar-refractivity contribution in [2.45, 2.75) is 39.2 Å². The molecule has 1 aromatic carbocycles. The number of likely N-dealkylation sites (N-methyl/N-ethyl adjacent to an activating group) is 1. The lowest BCUT2D eigenvalue weighted by Crippen LogP contribution is -2.51. The van der Waals surface area contributed by atoms with Crippen LogP contribution in [0.2, 0.25) is 10.0 Å². The number of rotatable bonds is 7. The van der Waals surface area contributed by atoms with E-state index in [2.05, 4.69) is 10.2 Å². The van der Waals surface area contributed by atoms with E-state index in [1.807, 2.05) is 11.8 Å². The second-order valence-electron chi connectivity index (χ2n) is 9.11. The van der Waals surface area contributed by atoms with E-state index in [9.17, 15) is 14.4 Å². The molecule has 1 aliphatic carbocycles. The minimum Gasteiger partial charge on any atom is -0.463 e. The van der Waals surface area contributed by atoms with Crippen molar-refractivity contribution in [3.05, 3.63) is 45.1 Å². The average molecular weight is 523 g/mol. The van der Waals surface area contributed by atoms with Gasteiger partial charge in [0.05, 0.1) is 28.3 Å². The third kappa shape index (κ3) is 5.76. The van der Waals surface area contributed by atoms with Crippen molar-refractivity contribution in [1.82, 2.24) is 20.0 Å². The molecule has 2 fully saturated rings. The molecule has 1 atom stereocenters. The molecule has 35 heavy (non-hydrogen) atoms. The van der Waals surface area contributed by atoms with Crippen LogP contribution in [0.1, 0.15) is 44.7 Å². The standard InChI is InChI=1S/C25H32Cl2N4O4/c1-3-31-20(15-29-10-5-11-30(13-12-29)23(32)16-6-7-16)21(24(33)35-4-2)22(28-25(31)34)17-8-9-18(26)19(27)14-17/h8-9,14,16,22H,3-7,10-13,15H2,1-2H3,(H,28,34). The Labute approximate surface area is 216 Å². The largest absolute Gasteiger partial charge is 0.463 e. The van der Waals surface area contributed by atoms with Crippen LogP contribution in [0.4, 0.5) is 4.79 Å². The average Bonchev–Trinajstić information content (AvgIpc) is 3.68. The van der Waals surface area contributed by atoms with Crippen LogP contribution in [0.15, 0.2) is 29.5 Å². The van der Waals surface area contributed by atoms with Crippen LogP contribution in [-0.4, -0.2) is 78.5 Å². The van der Waals surface area contributed by atoms with Gasteiger partial charge in [0, 0.05) is 50.9 Å². The third-order valence-electron chi connectivity index (χ3n) is 6.73. The smallest absolute Gasteiger partial charge is 0.338 e. The number of esters is 1. The fourth-order valence-corrected chi connectivity index (χ4v) is 5.06. The SMILES string of the molecule is CCOC(=O)C1=C(CN2CCCN(C(=O)C3CC3)CC2)N(CC)C(=O)NC1c1ccc(Cl)c(Cl)c1. The zero-order valence-electron chi connectivity index (χ0n) is 20.2. The molecule has 1 unspecified atom stereocenters. The Morgan fingerprint density at radius 3 is 2.51 bits per heavy atom. The lowest BCUT2D eigenvalue weighted by atomic mass is 9.94. The number of ether oxygens (including phenoxy) is 1. The number of nitrogens with one attached hydrogen (secondary N) is 1. The number of nitrogens with zero attached hydrogens (tertiary/aromatic N) is 3. The summed E-state index contributed by atoms with van der Waals surface area (Å²) < 4.78 is 5.44. The first-order valence-corrected chi connectivity index (χ1v) is 13.0. The van der Waals surface area contributed by atoms with Gasteiger partial charge in [0.25, 0.3) is 0 Å². The summed E-state index contributed by atoms with van der Waals surface area (Å²) in [6, 6.07) is 4.08. The van der Waals surface area contributed by atoms with Crippen molar-refractivity contribution in [3.8, 4) is 0 Å². The zero-order valence-corrected chi connectivity index (χ0v) is 21.7. The molecule has 1 saturated carbocycles. The van der Waals surface area contributed by atoms with Crippen LogP contribution in [0, 0.1) is 5.92 Å². The van der Waals surface area contributed by atoms with E-state index < -0.39 is 12.0 Å². The highest BCUT2D eigenvalue weighted by molar-refractivity contribution is 6.42. The summed E-state index contributed by atoms with van der Waals surface area (Å²) in [5.41, 5.74) is 1.66. The normalized spacial score (nSPS) is 21.6. The Morgan fingerprint density at radius 1 is 1.09 bits per heavy atom. The summed E-state index contributed by atoms with van der Waals surface area (Å²) in [4.78, 5) is 44.7. The molecule has 3 aliphatic rings. The summed E-state index contributed by atoms with van der Waals surface area (Å²) in [7, 11) is 0. The van der Waals surface area contributed by atoms with Gasteiger partial charge in [-0.05, 0) is 50.8 Å². The van der Waals surface area contributed by atoms with Gasteiger partial charge < -0.3 is 15.0 Å². The van der Waals surface area contributed by atoms with E-state index in [0.29, 0.717) is 53.1 Å². The van der Waals surface area contributed by atoms with Crippen LogP contribution in [0.3, 0.4) is 0 Å². The van der Waals surface area contributed by atoms with Crippen molar-refractivity contribution in [1.29, 1.82) is 0 Å². The molecule has 0 aromatic heterocycles. The number of carbonyl (C=O) groups is 3. The minimum absolute atomic E-state index is 0.198. The molecule has 0 bridgehead atoms. The van der Waals surface area contributed by atoms with Crippen molar-refractivity contribution in [3.63, 3.8) is 0 Å². The molecule has 0 radical (unpaired) electrons. The predicted octanol–water partition coefficient (Wildman–Crippen LogP) is 3.84. The Hall–Kier alpha value is -2.29. The van der Waals surface area contributed by atoms with Gasteiger partial charge in [-0.2, -0.15) is 0 Å². The molecule has 2 heterocycles. The maximum absolute atomic E-state index is 13.3. The van der Waals surface area contributed by atoms with E-state index >= 15 is 0 Å². The van der Waals surface area contributed by atoms with Gasteiger partial charge in [-0.25, -0.2) is 9.59 Å². The lowest BCUT2D eigenvalue weighted by molar-refractivity contribution is -0.139. The van der Waals surface area contributed by atoms with Gasteiger partial charge in [0.2, 0.25) is 5.91 Å². The van der Waals surface area contributed by atoms with Crippen molar-refractivity contribution < 1.29 is 19.1 Å². The van der Waals surface area contributed by atoms with Crippen LogP contribution in [0.5, 0.6) is 0 Å². The fraction of sp³-hybridized carbons (Fsp3) is 0.560. The Kier molecular flexibility index (Phi) is 8.24. The Bertz CT molecular complexity index is 1030. The van der Waals surface area contributed by atoms with Crippen LogP contribution < -0.4 is 5.32 Å².